The Morgan fingerprint density at radius 2 is 2.19 bits per heavy atom. The zero-order chi connectivity index (χ0) is 18.5. The Morgan fingerprint density at radius 1 is 1.42 bits per heavy atom. The van der Waals surface area contributed by atoms with E-state index >= 15 is 0 Å². The second-order valence-corrected chi connectivity index (χ2v) is 5.21. The number of rotatable bonds is 6. The number of hydrogen-bond acceptors (Lipinski definition) is 6. The Labute approximate surface area is 148 Å². The van der Waals surface area contributed by atoms with E-state index in [0.29, 0.717) is 18.1 Å². The van der Waals surface area contributed by atoms with E-state index in [1.54, 1.807) is 38.3 Å². The van der Waals surface area contributed by atoms with E-state index in [1.807, 2.05) is 0 Å². The van der Waals surface area contributed by atoms with Crippen LogP contribution in [0.3, 0.4) is 0 Å². The molecule has 9 heteroatoms. The normalized spacial score (nSPS) is 11.0. The molecule has 8 nitrogen and oxygen atoms in total. The number of hydrazone groups is 1. The Balaban J connectivity index is 1.65. The summed E-state index contributed by atoms with van der Waals surface area (Å²) in [6.07, 6.45) is 2.50. The van der Waals surface area contributed by atoms with Gasteiger partial charge >= 0.3 is 0 Å². The number of benzene rings is 1. The minimum Gasteiger partial charge on any atom is -0.497 e. The lowest BCUT2D eigenvalue weighted by Crippen LogP contribution is -2.17. The molecule has 2 aromatic heterocycles. The molecular weight excluding hydrogens is 341 g/mol. The number of methoxy groups -OCH3 is 1. The Morgan fingerprint density at radius 3 is 2.85 bits per heavy atom. The van der Waals surface area contributed by atoms with E-state index in [9.17, 15) is 9.18 Å². The van der Waals surface area contributed by atoms with E-state index in [4.69, 9.17) is 9.26 Å². The van der Waals surface area contributed by atoms with Crippen molar-refractivity contribution < 1.29 is 18.4 Å². The standard InChI is InChI=1S/C17H16FN5O3/c1-3-23-16(18)12(10-20-23)9-19-21-17(24)14-8-15(26-22-14)11-4-6-13(25-2)7-5-11/h4-10H,3H2,1-2H3,(H,21,24)/b19-9-. The fourth-order valence-electron chi connectivity index (χ4n) is 2.18. The van der Waals surface area contributed by atoms with Gasteiger partial charge in [-0.2, -0.15) is 14.6 Å². The summed E-state index contributed by atoms with van der Waals surface area (Å²) in [6, 6.07) is 8.60. The first-order valence-electron chi connectivity index (χ1n) is 7.78. The maximum absolute atomic E-state index is 13.8. The molecule has 0 saturated carbocycles. The van der Waals surface area contributed by atoms with Gasteiger partial charge in [-0.05, 0) is 31.2 Å². The Kier molecular flexibility index (Phi) is 5.07. The molecule has 0 unspecified atom stereocenters. The van der Waals surface area contributed by atoms with E-state index < -0.39 is 11.9 Å². The van der Waals surface area contributed by atoms with Crippen molar-refractivity contribution in [2.45, 2.75) is 13.5 Å². The number of carbonyl (C=O) groups excluding carboxylic acids is 1. The van der Waals surface area contributed by atoms with Crippen LogP contribution in [0.4, 0.5) is 4.39 Å². The summed E-state index contributed by atoms with van der Waals surface area (Å²) in [7, 11) is 1.57. The van der Waals surface area contributed by atoms with Crippen molar-refractivity contribution in [3.05, 3.63) is 53.7 Å². The van der Waals surface area contributed by atoms with Crippen LogP contribution in [-0.4, -0.2) is 34.2 Å². The zero-order valence-electron chi connectivity index (χ0n) is 14.1. The number of aryl methyl sites for hydroxylation is 1. The van der Waals surface area contributed by atoms with Gasteiger partial charge in [0.2, 0.25) is 5.95 Å². The van der Waals surface area contributed by atoms with E-state index in [-0.39, 0.29) is 11.3 Å². The molecule has 0 bridgehead atoms. The molecule has 0 radical (unpaired) electrons. The van der Waals surface area contributed by atoms with Gasteiger partial charge in [0, 0.05) is 18.2 Å². The van der Waals surface area contributed by atoms with Gasteiger partial charge in [-0.25, -0.2) is 10.1 Å². The van der Waals surface area contributed by atoms with Gasteiger partial charge in [0.15, 0.2) is 11.5 Å². The third-order valence-electron chi connectivity index (χ3n) is 3.59. The highest BCUT2D eigenvalue weighted by Crippen LogP contribution is 2.23. The van der Waals surface area contributed by atoms with Crippen LogP contribution in [0.2, 0.25) is 0 Å². The van der Waals surface area contributed by atoms with E-state index in [2.05, 4.69) is 20.8 Å². The van der Waals surface area contributed by atoms with Crippen molar-refractivity contribution in [2.75, 3.05) is 7.11 Å². The highest BCUT2D eigenvalue weighted by molar-refractivity contribution is 5.93. The third-order valence-corrected chi connectivity index (χ3v) is 3.59. The summed E-state index contributed by atoms with van der Waals surface area (Å²) >= 11 is 0. The number of ether oxygens (including phenoxy) is 1. The van der Waals surface area contributed by atoms with E-state index in [1.165, 1.54) is 23.2 Å². The quantitative estimate of drug-likeness (QED) is 0.540. The fraction of sp³-hybridized carbons (Fsp3) is 0.176. The molecule has 0 spiro atoms. The summed E-state index contributed by atoms with van der Waals surface area (Å²) in [5.74, 6) is 0.0398. The summed E-state index contributed by atoms with van der Waals surface area (Å²) in [6.45, 7) is 2.17. The minimum atomic E-state index is -0.576. The molecule has 0 aliphatic heterocycles. The summed E-state index contributed by atoms with van der Waals surface area (Å²) in [4.78, 5) is 12.0. The highest BCUT2D eigenvalue weighted by atomic mass is 19.1. The number of halogens is 1. The molecule has 0 aliphatic carbocycles. The smallest absolute Gasteiger partial charge is 0.293 e. The molecule has 0 saturated heterocycles. The molecule has 0 atom stereocenters. The molecule has 0 aliphatic rings. The monoisotopic (exact) mass is 357 g/mol. The Bertz CT molecular complexity index is 930. The average molecular weight is 357 g/mol. The fourth-order valence-corrected chi connectivity index (χ4v) is 2.18. The van der Waals surface area contributed by atoms with E-state index in [0.717, 1.165) is 5.56 Å². The Hall–Kier alpha value is -3.49. The van der Waals surface area contributed by atoms with Crippen molar-refractivity contribution in [3.8, 4) is 17.1 Å². The molecule has 134 valence electrons. The van der Waals surface area contributed by atoms with Gasteiger partial charge in [-0.15, -0.1) is 0 Å². The van der Waals surface area contributed by atoms with Crippen LogP contribution in [-0.2, 0) is 6.54 Å². The van der Waals surface area contributed by atoms with Gasteiger partial charge in [-0.1, -0.05) is 5.16 Å². The summed E-state index contributed by atoms with van der Waals surface area (Å²) in [5, 5.41) is 11.3. The lowest BCUT2D eigenvalue weighted by atomic mass is 10.1. The van der Waals surface area contributed by atoms with Crippen molar-refractivity contribution in [3.63, 3.8) is 0 Å². The first-order chi connectivity index (χ1) is 12.6. The SMILES string of the molecule is CCn1ncc(/C=N\NC(=O)c2cc(-c3ccc(OC)cc3)on2)c1F. The minimum absolute atomic E-state index is 0.0534. The molecule has 1 aromatic carbocycles. The first-order valence-corrected chi connectivity index (χ1v) is 7.78. The second-order valence-electron chi connectivity index (χ2n) is 5.21. The molecule has 1 amide bonds. The molecular formula is C17H16FN5O3. The number of aromatic nitrogens is 3. The van der Waals surface area contributed by atoms with Crippen LogP contribution in [0.15, 0.2) is 46.2 Å². The highest BCUT2D eigenvalue weighted by Gasteiger charge is 2.13. The topological polar surface area (TPSA) is 94.5 Å². The van der Waals surface area contributed by atoms with Crippen molar-refractivity contribution in [1.82, 2.24) is 20.4 Å². The number of hydrogen-bond donors (Lipinski definition) is 1. The zero-order valence-corrected chi connectivity index (χ0v) is 14.1. The summed E-state index contributed by atoms with van der Waals surface area (Å²) in [5.41, 5.74) is 3.24. The van der Waals surface area contributed by atoms with Gasteiger partial charge in [0.25, 0.3) is 5.91 Å². The molecule has 1 N–H and O–H groups in total. The van der Waals surface area contributed by atoms with Crippen LogP contribution in [0.25, 0.3) is 11.3 Å². The third kappa shape index (κ3) is 3.61. The van der Waals surface area contributed by atoms with Crippen LogP contribution in [0, 0.1) is 5.95 Å². The second kappa shape index (κ2) is 7.60. The average Bonchev–Trinajstić information content (AvgIpc) is 3.29. The predicted octanol–water partition coefficient (Wildman–Crippen LogP) is 2.47. The van der Waals surface area contributed by atoms with Crippen LogP contribution < -0.4 is 10.2 Å². The molecule has 26 heavy (non-hydrogen) atoms. The summed E-state index contributed by atoms with van der Waals surface area (Å²) < 4.78 is 25.2. The first kappa shape index (κ1) is 17.3. The molecule has 3 aromatic rings. The van der Waals surface area contributed by atoms with Gasteiger partial charge < -0.3 is 9.26 Å². The molecule has 3 rings (SSSR count). The van der Waals surface area contributed by atoms with Crippen LogP contribution in [0.1, 0.15) is 23.0 Å². The number of nitrogens with one attached hydrogen (secondary N) is 1. The van der Waals surface area contributed by atoms with Gasteiger partial charge in [-0.3, -0.25) is 4.79 Å². The lowest BCUT2D eigenvalue weighted by molar-refractivity contribution is 0.0946. The maximum atomic E-state index is 13.8. The molecule has 0 fully saturated rings. The van der Waals surface area contributed by atoms with Crippen molar-refractivity contribution in [1.29, 1.82) is 0 Å². The van der Waals surface area contributed by atoms with Crippen molar-refractivity contribution >= 4 is 12.1 Å². The number of amides is 1. The molecule has 2 heterocycles. The number of carbonyl (C=O) groups is 1. The lowest BCUT2D eigenvalue weighted by Gasteiger charge is -1.99. The van der Waals surface area contributed by atoms with Crippen LogP contribution in [0.5, 0.6) is 5.75 Å². The van der Waals surface area contributed by atoms with Crippen molar-refractivity contribution in [2.24, 2.45) is 5.10 Å². The van der Waals surface area contributed by atoms with Gasteiger partial charge in [0.1, 0.15) is 5.75 Å². The van der Waals surface area contributed by atoms with Gasteiger partial charge in [0.05, 0.1) is 25.1 Å². The predicted molar refractivity (Wildman–Crippen MR) is 91.4 cm³/mol. The largest absolute Gasteiger partial charge is 0.497 e. The maximum Gasteiger partial charge on any atom is 0.293 e. The number of nitrogens with zero attached hydrogens (tertiary/aromatic N) is 4. The van der Waals surface area contributed by atoms with Crippen LogP contribution >= 0.6 is 0 Å².